The van der Waals surface area contributed by atoms with Crippen LogP contribution in [0.3, 0.4) is 0 Å². The minimum Gasteiger partial charge on any atom is -0.455 e. The van der Waals surface area contributed by atoms with Gasteiger partial charge < -0.3 is 4.42 Å². The fraction of sp³-hybridized carbons (Fsp3) is 0.0263. The number of furan rings is 1. The third kappa shape index (κ3) is 3.81. The normalized spacial score (nSPS) is 11.9. The Morgan fingerprint density at radius 3 is 2.07 bits per heavy atom. The third-order valence-corrected chi connectivity index (χ3v) is 9.04. The SMILES string of the molecule is CN=Cc1ccc(-c2cccc3sc4ccccc4c23)c2oc3c(-c4ccccc4)cc(-c4ccccc4)cc3c12. The van der Waals surface area contributed by atoms with Crippen LogP contribution in [0.15, 0.2) is 137 Å². The van der Waals surface area contributed by atoms with E-state index in [0.717, 1.165) is 49.8 Å². The van der Waals surface area contributed by atoms with Crippen molar-refractivity contribution in [3.05, 3.63) is 133 Å². The molecule has 3 heteroatoms. The molecule has 194 valence electrons. The topological polar surface area (TPSA) is 25.5 Å². The number of aliphatic imine (C=N–C) groups is 1. The monoisotopic (exact) mass is 543 g/mol. The number of rotatable bonds is 4. The first kappa shape index (κ1) is 23.9. The smallest absolute Gasteiger partial charge is 0.143 e. The van der Waals surface area contributed by atoms with E-state index in [2.05, 4.69) is 132 Å². The van der Waals surface area contributed by atoms with Gasteiger partial charge in [0.05, 0.1) is 0 Å². The first-order valence-corrected chi connectivity index (χ1v) is 14.6. The quantitative estimate of drug-likeness (QED) is 0.203. The van der Waals surface area contributed by atoms with Crippen molar-refractivity contribution in [2.75, 3.05) is 7.05 Å². The fourth-order valence-corrected chi connectivity index (χ4v) is 7.23. The van der Waals surface area contributed by atoms with Gasteiger partial charge >= 0.3 is 0 Å². The standard InChI is InChI=1S/C38H25NOS/c1-39-23-26-19-20-29(28-16-10-18-34-36(28)30-15-8-9-17-33(30)41-34)38-35(26)32-22-27(24-11-4-2-5-12-24)21-31(37(32)40-38)25-13-6-3-7-14-25/h2-23H,1H3. The van der Waals surface area contributed by atoms with Crippen LogP contribution in [-0.4, -0.2) is 13.3 Å². The molecular formula is C38H25NOS. The zero-order valence-corrected chi connectivity index (χ0v) is 23.3. The Morgan fingerprint density at radius 2 is 1.27 bits per heavy atom. The lowest BCUT2D eigenvalue weighted by atomic mass is 9.93. The van der Waals surface area contributed by atoms with Crippen LogP contribution in [0.2, 0.25) is 0 Å². The van der Waals surface area contributed by atoms with E-state index in [1.165, 1.54) is 31.3 Å². The predicted octanol–water partition coefficient (Wildman–Crippen LogP) is 11.0. The lowest BCUT2D eigenvalue weighted by Crippen LogP contribution is -1.87. The number of hydrogen-bond acceptors (Lipinski definition) is 3. The number of hydrogen-bond donors (Lipinski definition) is 0. The zero-order chi connectivity index (χ0) is 27.3. The van der Waals surface area contributed by atoms with Crippen LogP contribution in [0.4, 0.5) is 0 Å². The van der Waals surface area contributed by atoms with Gasteiger partial charge in [-0.3, -0.25) is 4.99 Å². The van der Waals surface area contributed by atoms with Crippen LogP contribution in [0.5, 0.6) is 0 Å². The van der Waals surface area contributed by atoms with Gasteiger partial charge in [-0.25, -0.2) is 0 Å². The van der Waals surface area contributed by atoms with Crippen LogP contribution in [-0.2, 0) is 0 Å². The van der Waals surface area contributed by atoms with Crippen molar-refractivity contribution in [3.8, 4) is 33.4 Å². The maximum Gasteiger partial charge on any atom is 0.143 e. The molecule has 0 saturated heterocycles. The predicted molar refractivity (Wildman–Crippen MR) is 176 cm³/mol. The average molecular weight is 544 g/mol. The number of benzene rings is 6. The van der Waals surface area contributed by atoms with Crippen molar-refractivity contribution in [3.63, 3.8) is 0 Å². The summed E-state index contributed by atoms with van der Waals surface area (Å²) in [5.41, 5.74) is 9.68. The Kier molecular flexibility index (Phi) is 5.58. The molecule has 0 aliphatic carbocycles. The molecule has 0 saturated carbocycles. The molecule has 0 atom stereocenters. The zero-order valence-electron chi connectivity index (χ0n) is 22.5. The van der Waals surface area contributed by atoms with Gasteiger partial charge in [0.2, 0.25) is 0 Å². The molecule has 8 rings (SSSR count). The summed E-state index contributed by atoms with van der Waals surface area (Å²) in [5.74, 6) is 0. The minimum atomic E-state index is 0.891. The molecule has 2 heterocycles. The molecule has 0 aliphatic rings. The maximum atomic E-state index is 6.98. The Labute approximate surface area is 241 Å². The largest absolute Gasteiger partial charge is 0.455 e. The van der Waals surface area contributed by atoms with Gasteiger partial charge in [0, 0.05) is 60.9 Å². The van der Waals surface area contributed by atoms with Gasteiger partial charge in [-0.1, -0.05) is 97.1 Å². The molecule has 0 unspecified atom stereocenters. The molecular weight excluding hydrogens is 518 g/mol. The molecule has 0 fully saturated rings. The highest BCUT2D eigenvalue weighted by Gasteiger charge is 2.21. The summed E-state index contributed by atoms with van der Waals surface area (Å²) in [7, 11) is 1.82. The molecule has 0 aliphatic heterocycles. The maximum absolute atomic E-state index is 6.98. The van der Waals surface area contributed by atoms with Crippen LogP contribution >= 0.6 is 11.3 Å². The summed E-state index contributed by atoms with van der Waals surface area (Å²) < 4.78 is 9.56. The van der Waals surface area contributed by atoms with E-state index < -0.39 is 0 Å². The number of nitrogens with zero attached hydrogens (tertiary/aromatic N) is 1. The van der Waals surface area contributed by atoms with Gasteiger partial charge in [0.15, 0.2) is 0 Å². The van der Waals surface area contributed by atoms with Crippen molar-refractivity contribution >= 4 is 59.7 Å². The molecule has 0 N–H and O–H groups in total. The van der Waals surface area contributed by atoms with E-state index in [0.29, 0.717) is 0 Å². The molecule has 6 aromatic carbocycles. The van der Waals surface area contributed by atoms with E-state index >= 15 is 0 Å². The third-order valence-electron chi connectivity index (χ3n) is 7.91. The summed E-state index contributed by atoms with van der Waals surface area (Å²) >= 11 is 1.84. The Morgan fingerprint density at radius 1 is 0.537 bits per heavy atom. The van der Waals surface area contributed by atoms with Gasteiger partial charge in [0.1, 0.15) is 11.2 Å². The number of thiophene rings is 1. The van der Waals surface area contributed by atoms with Crippen LogP contribution in [0, 0.1) is 0 Å². The van der Waals surface area contributed by atoms with Crippen LogP contribution in [0.1, 0.15) is 5.56 Å². The fourth-order valence-electron chi connectivity index (χ4n) is 6.10. The summed E-state index contributed by atoms with van der Waals surface area (Å²) in [5, 5.41) is 4.75. The Hall–Kier alpha value is -4.99. The molecule has 0 bridgehead atoms. The number of fused-ring (bicyclic) bond motifs is 6. The summed E-state index contributed by atoms with van der Waals surface area (Å²) in [6.45, 7) is 0. The van der Waals surface area contributed by atoms with E-state index in [-0.39, 0.29) is 0 Å². The highest BCUT2D eigenvalue weighted by Crippen LogP contribution is 2.46. The summed E-state index contributed by atoms with van der Waals surface area (Å²) in [6.07, 6.45) is 1.94. The van der Waals surface area contributed by atoms with Crippen molar-refractivity contribution in [1.29, 1.82) is 0 Å². The van der Waals surface area contributed by atoms with Crippen molar-refractivity contribution < 1.29 is 4.42 Å². The lowest BCUT2D eigenvalue weighted by Gasteiger charge is -2.08. The first-order valence-electron chi connectivity index (χ1n) is 13.8. The molecule has 8 aromatic rings. The summed E-state index contributed by atoms with van der Waals surface area (Å²) in [6, 6.07) is 45.3. The Bertz CT molecular complexity index is 2260. The van der Waals surface area contributed by atoms with Crippen LogP contribution < -0.4 is 0 Å². The highest BCUT2D eigenvalue weighted by atomic mass is 32.1. The second-order valence-electron chi connectivity index (χ2n) is 10.3. The molecule has 2 nitrogen and oxygen atoms in total. The molecule has 0 spiro atoms. The molecule has 0 amide bonds. The van der Waals surface area contributed by atoms with Crippen molar-refractivity contribution in [2.24, 2.45) is 4.99 Å². The Balaban J connectivity index is 1.52. The van der Waals surface area contributed by atoms with Crippen LogP contribution in [0.25, 0.3) is 75.5 Å². The van der Waals surface area contributed by atoms with E-state index in [9.17, 15) is 0 Å². The second kappa shape index (κ2) is 9.58. The lowest BCUT2D eigenvalue weighted by molar-refractivity contribution is 0.671. The first-order chi connectivity index (χ1) is 20.3. The van der Waals surface area contributed by atoms with E-state index in [4.69, 9.17) is 4.42 Å². The van der Waals surface area contributed by atoms with Gasteiger partial charge in [0.25, 0.3) is 0 Å². The molecule has 0 radical (unpaired) electrons. The highest BCUT2D eigenvalue weighted by molar-refractivity contribution is 7.25. The van der Waals surface area contributed by atoms with Gasteiger partial charge in [-0.15, -0.1) is 11.3 Å². The van der Waals surface area contributed by atoms with Gasteiger partial charge in [-0.2, -0.15) is 0 Å². The van der Waals surface area contributed by atoms with Gasteiger partial charge in [-0.05, 0) is 52.6 Å². The summed E-state index contributed by atoms with van der Waals surface area (Å²) in [4.78, 5) is 4.42. The van der Waals surface area contributed by atoms with Crippen molar-refractivity contribution in [1.82, 2.24) is 0 Å². The minimum absolute atomic E-state index is 0.891. The van der Waals surface area contributed by atoms with E-state index in [1.807, 2.05) is 24.6 Å². The molecule has 2 aromatic heterocycles. The molecule has 41 heavy (non-hydrogen) atoms. The second-order valence-corrected chi connectivity index (χ2v) is 11.4. The average Bonchev–Trinajstić information content (AvgIpc) is 3.61. The van der Waals surface area contributed by atoms with E-state index in [1.54, 1.807) is 0 Å². The van der Waals surface area contributed by atoms with Crippen molar-refractivity contribution in [2.45, 2.75) is 0 Å².